The van der Waals surface area contributed by atoms with E-state index in [0.29, 0.717) is 46.7 Å². The average Bonchev–Trinajstić information content (AvgIpc) is 3.29. The number of benzene rings is 3. The van der Waals surface area contributed by atoms with Crippen LogP contribution < -0.4 is 18.9 Å². The molecule has 0 spiro atoms. The fraction of sp³-hybridized carbons (Fsp3) is 0.280. The van der Waals surface area contributed by atoms with Crippen LogP contribution in [0.5, 0.6) is 23.0 Å². The molecule has 0 radical (unpaired) electrons. The molecule has 0 fully saturated rings. The summed E-state index contributed by atoms with van der Waals surface area (Å²) >= 11 is 6.35. The highest BCUT2D eigenvalue weighted by Crippen LogP contribution is 2.44. The zero-order chi connectivity index (χ0) is 23.8. The molecule has 0 unspecified atom stereocenters. The van der Waals surface area contributed by atoms with Crippen molar-refractivity contribution in [2.75, 3.05) is 27.6 Å². The number of nitro benzene ring substituents is 1. The van der Waals surface area contributed by atoms with Crippen molar-refractivity contribution in [1.82, 2.24) is 4.90 Å². The van der Waals surface area contributed by atoms with Crippen LogP contribution >= 0.6 is 11.6 Å². The van der Waals surface area contributed by atoms with Crippen molar-refractivity contribution >= 4 is 17.3 Å². The quantitative estimate of drug-likeness (QED) is 0.355. The number of nitro groups is 1. The molecular weight excluding hydrogens is 460 g/mol. The van der Waals surface area contributed by atoms with Gasteiger partial charge in [0.2, 0.25) is 6.79 Å². The van der Waals surface area contributed by atoms with Crippen LogP contribution in [0.15, 0.2) is 48.5 Å². The topological polar surface area (TPSA) is 83.3 Å². The summed E-state index contributed by atoms with van der Waals surface area (Å²) in [6.07, 6.45) is 0.755. The molecule has 2 heterocycles. The van der Waals surface area contributed by atoms with Gasteiger partial charge in [-0.2, -0.15) is 0 Å². The summed E-state index contributed by atoms with van der Waals surface area (Å²) in [5.41, 5.74) is 3.75. The molecule has 0 saturated heterocycles. The van der Waals surface area contributed by atoms with Crippen molar-refractivity contribution in [3.63, 3.8) is 0 Å². The Hall–Kier alpha value is -3.49. The summed E-state index contributed by atoms with van der Waals surface area (Å²) in [5.74, 6) is 2.21. The molecule has 3 aromatic carbocycles. The van der Waals surface area contributed by atoms with E-state index in [1.165, 1.54) is 6.07 Å². The van der Waals surface area contributed by atoms with E-state index in [4.69, 9.17) is 30.5 Å². The summed E-state index contributed by atoms with van der Waals surface area (Å²) in [6.45, 7) is 1.09. The Morgan fingerprint density at radius 2 is 1.82 bits per heavy atom. The highest BCUT2D eigenvalue weighted by Gasteiger charge is 2.33. The van der Waals surface area contributed by atoms with Gasteiger partial charge in [-0.25, -0.2) is 0 Å². The Kier molecular flexibility index (Phi) is 5.93. The number of hydrogen-bond donors (Lipinski definition) is 0. The first-order chi connectivity index (χ1) is 16.5. The van der Waals surface area contributed by atoms with Crippen molar-refractivity contribution in [1.29, 1.82) is 0 Å². The number of rotatable bonds is 6. The van der Waals surface area contributed by atoms with Crippen LogP contribution in [0, 0.1) is 10.1 Å². The van der Waals surface area contributed by atoms with Crippen LogP contribution in [0.25, 0.3) is 0 Å². The molecule has 2 aliphatic heterocycles. The minimum Gasteiger partial charge on any atom is -0.493 e. The van der Waals surface area contributed by atoms with Crippen LogP contribution in [-0.4, -0.2) is 37.4 Å². The lowest BCUT2D eigenvalue weighted by atomic mass is 9.87. The number of hydrogen-bond acceptors (Lipinski definition) is 7. The molecule has 5 rings (SSSR count). The third-order valence-electron chi connectivity index (χ3n) is 6.28. The Balaban J connectivity index is 1.61. The molecule has 8 nitrogen and oxygen atoms in total. The molecule has 1 atom stereocenters. The zero-order valence-electron chi connectivity index (χ0n) is 18.7. The second-order valence-corrected chi connectivity index (χ2v) is 8.61. The maximum atomic E-state index is 11.9. The van der Waals surface area contributed by atoms with Gasteiger partial charge in [0.25, 0.3) is 5.69 Å². The summed E-state index contributed by atoms with van der Waals surface area (Å²) in [7, 11) is 3.22. The van der Waals surface area contributed by atoms with Crippen molar-refractivity contribution in [3.8, 4) is 23.0 Å². The van der Waals surface area contributed by atoms with Crippen molar-refractivity contribution in [2.45, 2.75) is 19.0 Å². The first-order valence-corrected chi connectivity index (χ1v) is 11.2. The second kappa shape index (κ2) is 9.04. The number of methoxy groups -OCH3 is 2. The normalized spacial score (nSPS) is 16.7. The van der Waals surface area contributed by atoms with Gasteiger partial charge in [-0.1, -0.05) is 23.7 Å². The summed E-state index contributed by atoms with van der Waals surface area (Å²) in [4.78, 5) is 13.7. The Morgan fingerprint density at radius 3 is 2.53 bits per heavy atom. The van der Waals surface area contributed by atoms with E-state index in [1.807, 2.05) is 36.4 Å². The van der Waals surface area contributed by atoms with Crippen LogP contribution in [0.4, 0.5) is 5.69 Å². The largest absolute Gasteiger partial charge is 0.493 e. The first kappa shape index (κ1) is 22.3. The zero-order valence-corrected chi connectivity index (χ0v) is 19.5. The van der Waals surface area contributed by atoms with Gasteiger partial charge in [0.1, 0.15) is 0 Å². The van der Waals surface area contributed by atoms with Crippen LogP contribution in [-0.2, 0) is 13.0 Å². The van der Waals surface area contributed by atoms with Crippen LogP contribution in [0.3, 0.4) is 0 Å². The molecule has 0 aromatic heterocycles. The van der Waals surface area contributed by atoms with E-state index in [2.05, 4.69) is 4.90 Å². The molecule has 176 valence electrons. The third kappa shape index (κ3) is 3.99. The molecule has 0 bridgehead atoms. The summed E-state index contributed by atoms with van der Waals surface area (Å²) < 4.78 is 21.9. The van der Waals surface area contributed by atoms with E-state index in [9.17, 15) is 10.1 Å². The van der Waals surface area contributed by atoms with Crippen LogP contribution in [0.1, 0.15) is 28.3 Å². The molecule has 3 aromatic rings. The van der Waals surface area contributed by atoms with Gasteiger partial charge in [0.05, 0.1) is 31.3 Å². The van der Waals surface area contributed by atoms with Crippen molar-refractivity contribution in [2.24, 2.45) is 0 Å². The lowest BCUT2D eigenvalue weighted by Crippen LogP contribution is -2.36. The fourth-order valence-corrected chi connectivity index (χ4v) is 4.92. The molecule has 0 amide bonds. The standard InChI is InChI=1S/C25H23ClN2O6/c1-31-21-9-15-6-7-27(13-17-10-23-24(34-14-33-23)12-20(17)28(29)30)25(19(15)11-22(21)32-2)16-4-3-5-18(26)8-16/h3-5,8-12,25H,6-7,13-14H2,1-2H3/t25-/m1/s1. The predicted octanol–water partition coefficient (Wildman–Crippen LogP) is 5.14. The Labute approximate surface area is 201 Å². The molecule has 0 saturated carbocycles. The summed E-state index contributed by atoms with van der Waals surface area (Å²) in [6, 6.07) is 14.6. The molecule has 0 aliphatic carbocycles. The highest BCUT2D eigenvalue weighted by atomic mass is 35.5. The van der Waals surface area contributed by atoms with Gasteiger partial charge in [0.15, 0.2) is 23.0 Å². The predicted molar refractivity (Wildman–Crippen MR) is 126 cm³/mol. The van der Waals surface area contributed by atoms with Gasteiger partial charge >= 0.3 is 0 Å². The van der Waals surface area contributed by atoms with E-state index in [0.717, 1.165) is 23.1 Å². The number of halogens is 1. The van der Waals surface area contributed by atoms with Gasteiger partial charge in [0, 0.05) is 23.7 Å². The maximum Gasteiger partial charge on any atom is 0.277 e. The van der Waals surface area contributed by atoms with E-state index >= 15 is 0 Å². The molecular formula is C25H23ClN2O6. The second-order valence-electron chi connectivity index (χ2n) is 8.18. The molecule has 0 N–H and O–H groups in total. The van der Waals surface area contributed by atoms with Gasteiger partial charge in [-0.3, -0.25) is 15.0 Å². The monoisotopic (exact) mass is 482 g/mol. The number of nitrogens with zero attached hydrogens (tertiary/aromatic N) is 2. The number of ether oxygens (including phenoxy) is 4. The van der Waals surface area contributed by atoms with Crippen molar-refractivity contribution < 1.29 is 23.9 Å². The molecule has 9 heteroatoms. The first-order valence-electron chi connectivity index (χ1n) is 10.8. The minimum absolute atomic E-state index is 0.00667. The van der Waals surface area contributed by atoms with Crippen LogP contribution in [0.2, 0.25) is 5.02 Å². The number of fused-ring (bicyclic) bond motifs is 2. The van der Waals surface area contributed by atoms with Gasteiger partial charge < -0.3 is 18.9 Å². The van der Waals surface area contributed by atoms with Crippen molar-refractivity contribution in [3.05, 3.63) is 85.9 Å². The minimum atomic E-state index is -0.378. The Bertz CT molecular complexity index is 1260. The molecule has 34 heavy (non-hydrogen) atoms. The highest BCUT2D eigenvalue weighted by molar-refractivity contribution is 6.30. The lowest BCUT2D eigenvalue weighted by Gasteiger charge is -2.38. The maximum absolute atomic E-state index is 11.9. The average molecular weight is 483 g/mol. The van der Waals surface area contributed by atoms with E-state index in [-0.39, 0.29) is 23.4 Å². The Morgan fingerprint density at radius 1 is 1.09 bits per heavy atom. The van der Waals surface area contributed by atoms with E-state index in [1.54, 1.807) is 20.3 Å². The fourth-order valence-electron chi connectivity index (χ4n) is 4.72. The van der Waals surface area contributed by atoms with Gasteiger partial charge in [-0.15, -0.1) is 0 Å². The smallest absolute Gasteiger partial charge is 0.277 e. The van der Waals surface area contributed by atoms with E-state index < -0.39 is 0 Å². The SMILES string of the molecule is COc1cc2c(cc1OC)[C@@H](c1cccc(Cl)c1)N(Cc1cc3c(cc1[N+](=O)[O-])OCO3)CC2. The lowest BCUT2D eigenvalue weighted by molar-refractivity contribution is -0.385. The molecule has 2 aliphatic rings. The van der Waals surface area contributed by atoms with Gasteiger partial charge in [-0.05, 0) is 53.4 Å². The third-order valence-corrected chi connectivity index (χ3v) is 6.52. The summed E-state index contributed by atoms with van der Waals surface area (Å²) in [5, 5.41) is 12.5.